The maximum atomic E-state index is 11.5. The Morgan fingerprint density at radius 3 is 1.16 bits per heavy atom. The number of esters is 4. The van der Waals surface area contributed by atoms with Gasteiger partial charge in [-0.1, -0.05) is 25.7 Å². The van der Waals surface area contributed by atoms with Crippen LogP contribution >= 0.6 is 0 Å². The summed E-state index contributed by atoms with van der Waals surface area (Å²) in [4.78, 5) is 46.1. The summed E-state index contributed by atoms with van der Waals surface area (Å²) in [6, 6.07) is 0. The third kappa shape index (κ3) is 8.51. The topological polar surface area (TPSA) is 105 Å². The predicted molar refractivity (Wildman–Crippen MR) is 87.0 cm³/mol. The van der Waals surface area contributed by atoms with Gasteiger partial charge in [0, 0.05) is 0 Å². The van der Waals surface area contributed by atoms with Gasteiger partial charge in [0.15, 0.2) is 11.8 Å². The highest BCUT2D eigenvalue weighted by Crippen LogP contribution is 2.17. The molecular formula is C17H27O8. The lowest BCUT2D eigenvalue weighted by molar-refractivity contribution is -0.160. The first-order valence-corrected chi connectivity index (χ1v) is 8.05. The van der Waals surface area contributed by atoms with Gasteiger partial charge in [-0.15, -0.1) is 0 Å². The van der Waals surface area contributed by atoms with E-state index in [1.165, 1.54) is 28.4 Å². The monoisotopic (exact) mass is 359 g/mol. The number of ether oxygens (including phenoxy) is 4. The second-order valence-corrected chi connectivity index (χ2v) is 5.35. The van der Waals surface area contributed by atoms with E-state index in [1.54, 1.807) is 0 Å². The fraction of sp³-hybridized carbons (Fsp3) is 0.706. The molecule has 8 nitrogen and oxygen atoms in total. The van der Waals surface area contributed by atoms with Crippen LogP contribution in [0.25, 0.3) is 0 Å². The van der Waals surface area contributed by atoms with E-state index in [2.05, 4.69) is 18.9 Å². The number of hydrogen-bond acceptors (Lipinski definition) is 8. The van der Waals surface area contributed by atoms with E-state index >= 15 is 0 Å². The number of rotatable bonds is 12. The quantitative estimate of drug-likeness (QED) is 0.223. The molecule has 0 saturated carbocycles. The number of hydrogen-bond donors (Lipinski definition) is 0. The Balaban J connectivity index is 4.08. The van der Waals surface area contributed by atoms with Gasteiger partial charge in [-0.05, 0) is 19.3 Å². The Morgan fingerprint density at radius 2 is 0.920 bits per heavy atom. The van der Waals surface area contributed by atoms with Gasteiger partial charge in [0.2, 0.25) is 0 Å². The molecule has 0 spiro atoms. The van der Waals surface area contributed by atoms with Crippen molar-refractivity contribution < 1.29 is 38.1 Å². The van der Waals surface area contributed by atoms with Gasteiger partial charge in [0.25, 0.3) is 0 Å². The lowest BCUT2D eigenvalue weighted by atomic mass is 9.98. The van der Waals surface area contributed by atoms with Crippen molar-refractivity contribution in [1.29, 1.82) is 0 Å². The third-order valence-electron chi connectivity index (χ3n) is 3.74. The molecule has 0 aliphatic carbocycles. The van der Waals surface area contributed by atoms with Gasteiger partial charge in [-0.2, -0.15) is 0 Å². The first-order chi connectivity index (χ1) is 11.9. The van der Waals surface area contributed by atoms with E-state index in [1.807, 2.05) is 6.42 Å². The summed E-state index contributed by atoms with van der Waals surface area (Å²) >= 11 is 0. The highest BCUT2D eigenvalue weighted by molar-refractivity contribution is 5.95. The zero-order valence-corrected chi connectivity index (χ0v) is 15.2. The van der Waals surface area contributed by atoms with Gasteiger partial charge in [0.1, 0.15) is 0 Å². The van der Waals surface area contributed by atoms with Crippen LogP contribution in [0.15, 0.2) is 0 Å². The first-order valence-electron chi connectivity index (χ1n) is 8.05. The first kappa shape index (κ1) is 22.9. The maximum absolute atomic E-state index is 11.5. The summed E-state index contributed by atoms with van der Waals surface area (Å²) in [5.41, 5.74) is 0. The molecule has 0 atom stereocenters. The van der Waals surface area contributed by atoms with Crippen molar-refractivity contribution in [3.8, 4) is 0 Å². The largest absolute Gasteiger partial charge is 0.468 e. The van der Waals surface area contributed by atoms with Gasteiger partial charge < -0.3 is 18.9 Å². The Morgan fingerprint density at radius 1 is 0.640 bits per heavy atom. The van der Waals surface area contributed by atoms with E-state index in [0.717, 1.165) is 0 Å². The van der Waals surface area contributed by atoms with Crippen LogP contribution in [-0.2, 0) is 38.1 Å². The van der Waals surface area contributed by atoms with Crippen molar-refractivity contribution in [2.45, 2.75) is 38.5 Å². The van der Waals surface area contributed by atoms with Crippen molar-refractivity contribution in [3.05, 3.63) is 6.42 Å². The van der Waals surface area contributed by atoms with E-state index in [9.17, 15) is 19.2 Å². The second kappa shape index (κ2) is 13.2. The third-order valence-corrected chi connectivity index (χ3v) is 3.74. The van der Waals surface area contributed by atoms with Crippen molar-refractivity contribution in [2.75, 3.05) is 28.4 Å². The minimum atomic E-state index is -0.911. The summed E-state index contributed by atoms with van der Waals surface area (Å²) < 4.78 is 18.3. The summed E-state index contributed by atoms with van der Waals surface area (Å²) in [6.45, 7) is 0. The van der Waals surface area contributed by atoms with Gasteiger partial charge in [0.05, 0.1) is 28.4 Å². The molecule has 0 N–H and O–H groups in total. The van der Waals surface area contributed by atoms with Crippen LogP contribution in [0.5, 0.6) is 0 Å². The number of carbonyl (C=O) groups is 4. The molecule has 0 unspecified atom stereocenters. The summed E-state index contributed by atoms with van der Waals surface area (Å²) in [7, 11) is 4.90. The average molecular weight is 359 g/mol. The lowest BCUT2D eigenvalue weighted by Crippen LogP contribution is -2.26. The number of carbonyl (C=O) groups excluding carboxylic acids is 4. The molecule has 0 rings (SSSR count). The molecule has 0 aromatic heterocycles. The molecular weight excluding hydrogens is 332 g/mol. The molecule has 0 bridgehead atoms. The zero-order valence-electron chi connectivity index (χ0n) is 15.2. The average Bonchev–Trinajstić information content (AvgIpc) is 2.64. The number of methoxy groups -OCH3 is 4. The lowest BCUT2D eigenvalue weighted by Gasteiger charge is -2.13. The molecule has 0 saturated heterocycles. The fourth-order valence-electron chi connectivity index (χ4n) is 2.31. The van der Waals surface area contributed by atoms with E-state index < -0.39 is 35.7 Å². The van der Waals surface area contributed by atoms with Crippen LogP contribution in [0.3, 0.4) is 0 Å². The molecule has 0 amide bonds. The molecule has 8 heteroatoms. The van der Waals surface area contributed by atoms with Gasteiger partial charge >= 0.3 is 23.9 Å². The van der Waals surface area contributed by atoms with Crippen LogP contribution in [0.1, 0.15) is 38.5 Å². The standard InChI is InChI=1S/C17H27O8/c1-22-14(18)12(15(19)23-2)10-8-6-5-7-9-11-13(16(20)24-3)17(21)25-4/h5,12-13H,6-11H2,1-4H3. The van der Waals surface area contributed by atoms with Crippen LogP contribution in [-0.4, -0.2) is 52.3 Å². The van der Waals surface area contributed by atoms with Gasteiger partial charge in [-0.25, -0.2) is 0 Å². The zero-order chi connectivity index (χ0) is 19.2. The van der Waals surface area contributed by atoms with E-state index in [-0.39, 0.29) is 0 Å². The Kier molecular flexibility index (Phi) is 12.1. The minimum absolute atomic E-state index is 0.336. The molecule has 0 heterocycles. The fourth-order valence-corrected chi connectivity index (χ4v) is 2.31. The molecule has 1 radical (unpaired) electrons. The number of unbranched alkanes of at least 4 members (excludes halogenated alkanes) is 4. The summed E-state index contributed by atoms with van der Waals surface area (Å²) in [5, 5.41) is 0. The van der Waals surface area contributed by atoms with Crippen molar-refractivity contribution in [3.63, 3.8) is 0 Å². The summed E-state index contributed by atoms with van der Waals surface area (Å²) in [5.74, 6) is -4.24. The molecule has 0 aliphatic rings. The highest BCUT2D eigenvalue weighted by Gasteiger charge is 2.28. The van der Waals surface area contributed by atoms with Crippen LogP contribution in [0, 0.1) is 18.3 Å². The van der Waals surface area contributed by atoms with Crippen molar-refractivity contribution >= 4 is 23.9 Å². The van der Waals surface area contributed by atoms with E-state index in [4.69, 9.17) is 0 Å². The van der Waals surface area contributed by atoms with Gasteiger partial charge in [-0.3, -0.25) is 19.2 Å². The van der Waals surface area contributed by atoms with E-state index in [0.29, 0.717) is 38.5 Å². The Bertz CT molecular complexity index is 374. The molecule has 0 aliphatic heterocycles. The van der Waals surface area contributed by atoms with Crippen molar-refractivity contribution in [1.82, 2.24) is 0 Å². The Hall–Kier alpha value is -2.12. The van der Waals surface area contributed by atoms with Crippen molar-refractivity contribution in [2.24, 2.45) is 11.8 Å². The molecule has 0 aromatic carbocycles. The molecule has 143 valence electrons. The van der Waals surface area contributed by atoms with Crippen LogP contribution in [0.2, 0.25) is 0 Å². The van der Waals surface area contributed by atoms with Crippen LogP contribution < -0.4 is 0 Å². The Labute approximate surface area is 148 Å². The second-order valence-electron chi connectivity index (χ2n) is 5.35. The SMILES string of the molecule is COC(=O)C(CCC[CH]CCCC(C(=O)OC)C(=O)OC)C(=O)OC. The van der Waals surface area contributed by atoms with Crippen LogP contribution in [0.4, 0.5) is 0 Å². The smallest absolute Gasteiger partial charge is 0.320 e. The maximum Gasteiger partial charge on any atom is 0.320 e. The minimum Gasteiger partial charge on any atom is -0.468 e. The normalized spacial score (nSPS) is 10.5. The predicted octanol–water partition coefficient (Wildman–Crippen LogP) is 1.46. The summed E-state index contributed by atoms with van der Waals surface area (Å²) in [6.07, 6.45) is 5.26. The highest BCUT2D eigenvalue weighted by atomic mass is 16.5. The molecule has 25 heavy (non-hydrogen) atoms. The molecule has 0 fully saturated rings. The molecule has 0 aromatic rings.